The minimum absolute atomic E-state index is 0.0552. The SMILES string of the molecule is COc1cc(-c2cn(C)c(=O)c3[nH]ncc23)cc(OC)c1CN1CCC(C(N)C(=O)C2CCN(c3ccc4c(N5CCC(=O)NC5=O)n[nH]c4c3F)CC2)CC1. The minimum atomic E-state index is -0.588. The molecule has 0 radical (unpaired) electrons. The molecule has 3 saturated heterocycles. The third kappa shape index (κ3) is 6.63. The lowest BCUT2D eigenvalue weighted by molar-refractivity contribution is -0.126. The Kier molecular flexibility index (Phi) is 9.96. The number of carbonyl (C=O) groups is 3. The van der Waals surface area contributed by atoms with Gasteiger partial charge in [0.25, 0.3) is 5.56 Å². The molecule has 0 aliphatic carbocycles. The first-order valence-corrected chi connectivity index (χ1v) is 18.9. The van der Waals surface area contributed by atoms with E-state index in [0.717, 1.165) is 42.6 Å². The maximum atomic E-state index is 15.8. The van der Waals surface area contributed by atoms with Crippen LogP contribution in [0, 0.1) is 17.7 Å². The van der Waals surface area contributed by atoms with Crippen LogP contribution < -0.4 is 35.9 Å². The Morgan fingerprint density at radius 3 is 2.36 bits per heavy atom. The van der Waals surface area contributed by atoms with E-state index in [1.165, 1.54) is 9.47 Å². The van der Waals surface area contributed by atoms with Crippen LogP contribution >= 0.6 is 0 Å². The second-order valence-electron chi connectivity index (χ2n) is 14.9. The molecular weight excluding hydrogens is 723 g/mol. The van der Waals surface area contributed by atoms with Crippen LogP contribution in [-0.2, 0) is 23.2 Å². The summed E-state index contributed by atoms with van der Waals surface area (Å²) in [5, 5.41) is 17.3. The van der Waals surface area contributed by atoms with Gasteiger partial charge in [-0.05, 0) is 74.5 Å². The molecule has 0 saturated carbocycles. The lowest BCUT2D eigenvalue weighted by Gasteiger charge is -2.37. The van der Waals surface area contributed by atoms with Crippen molar-refractivity contribution in [1.29, 1.82) is 0 Å². The number of piperidine rings is 2. The van der Waals surface area contributed by atoms with Gasteiger partial charge in [-0.15, -0.1) is 0 Å². The molecule has 1 unspecified atom stereocenters. The third-order valence-corrected chi connectivity index (χ3v) is 11.7. The van der Waals surface area contributed by atoms with Crippen LogP contribution in [0.1, 0.15) is 37.7 Å². The van der Waals surface area contributed by atoms with E-state index >= 15 is 4.39 Å². The van der Waals surface area contributed by atoms with Gasteiger partial charge in [-0.3, -0.25) is 39.7 Å². The van der Waals surface area contributed by atoms with Gasteiger partial charge in [-0.2, -0.15) is 10.2 Å². The molecule has 6 heterocycles. The van der Waals surface area contributed by atoms with Crippen LogP contribution in [0.4, 0.5) is 20.7 Å². The number of pyridine rings is 1. The number of fused-ring (bicyclic) bond motifs is 2. The number of anilines is 2. The van der Waals surface area contributed by atoms with Crippen molar-refractivity contribution >= 4 is 51.0 Å². The van der Waals surface area contributed by atoms with Crippen molar-refractivity contribution in [3.05, 3.63) is 58.4 Å². The van der Waals surface area contributed by atoms with Crippen LogP contribution in [0.25, 0.3) is 32.9 Å². The molecule has 5 N–H and O–H groups in total. The van der Waals surface area contributed by atoms with E-state index in [9.17, 15) is 19.2 Å². The number of benzene rings is 2. The number of rotatable bonds is 10. The van der Waals surface area contributed by atoms with Gasteiger partial charge in [0.05, 0.1) is 37.7 Å². The van der Waals surface area contributed by atoms with Gasteiger partial charge in [0.2, 0.25) is 5.91 Å². The highest BCUT2D eigenvalue weighted by molar-refractivity contribution is 6.09. The summed E-state index contributed by atoms with van der Waals surface area (Å²) in [4.78, 5) is 55.9. The number of aromatic nitrogens is 5. The zero-order valence-electron chi connectivity index (χ0n) is 31.6. The highest BCUT2D eigenvalue weighted by atomic mass is 19.1. The number of likely N-dealkylation sites (tertiary alicyclic amines) is 1. The first-order chi connectivity index (χ1) is 27.1. The number of ketones is 1. The van der Waals surface area contributed by atoms with Crippen LogP contribution in [0.2, 0.25) is 0 Å². The number of H-pyrrole nitrogens is 2. The average molecular weight is 769 g/mol. The van der Waals surface area contributed by atoms with Crippen molar-refractivity contribution in [2.75, 3.05) is 56.7 Å². The number of hydrogen-bond donors (Lipinski definition) is 4. The number of hydrogen-bond acceptors (Lipinski definition) is 11. The van der Waals surface area contributed by atoms with Crippen LogP contribution in [0.3, 0.4) is 0 Å². The summed E-state index contributed by atoms with van der Waals surface area (Å²) in [6.45, 7) is 3.26. The van der Waals surface area contributed by atoms with Gasteiger partial charge in [-0.1, -0.05) is 0 Å². The number of imide groups is 1. The monoisotopic (exact) mass is 768 g/mol. The first kappa shape index (κ1) is 37.1. The minimum Gasteiger partial charge on any atom is -0.496 e. The number of nitrogens with zero attached hydrogens (tertiary/aromatic N) is 6. The Morgan fingerprint density at radius 2 is 1.68 bits per heavy atom. The van der Waals surface area contributed by atoms with Crippen LogP contribution in [0.15, 0.2) is 41.5 Å². The summed E-state index contributed by atoms with van der Waals surface area (Å²) in [6, 6.07) is 6.16. The number of carbonyl (C=O) groups excluding carboxylic acids is 3. The number of ether oxygens (including phenoxy) is 2. The van der Waals surface area contributed by atoms with E-state index in [1.54, 1.807) is 45.8 Å². The molecule has 2 aromatic carbocycles. The van der Waals surface area contributed by atoms with Gasteiger partial charge in [0, 0.05) is 68.1 Å². The number of aryl methyl sites for hydroxylation is 1. The molecule has 3 aliphatic rings. The van der Waals surface area contributed by atoms with Crippen molar-refractivity contribution < 1.29 is 28.2 Å². The summed E-state index contributed by atoms with van der Waals surface area (Å²) in [6.07, 6.45) is 6.26. The van der Waals surface area contributed by atoms with E-state index in [0.29, 0.717) is 66.0 Å². The Bertz CT molecular complexity index is 2370. The van der Waals surface area contributed by atoms with E-state index in [1.807, 2.05) is 17.0 Å². The second kappa shape index (κ2) is 15.0. The molecule has 8 rings (SSSR count). The molecule has 3 fully saturated rings. The fraction of sp³-hybridized carbons (Fsp3) is 0.436. The smallest absolute Gasteiger partial charge is 0.329 e. The Hall–Kier alpha value is -5.81. The fourth-order valence-electron chi connectivity index (χ4n) is 8.53. The zero-order valence-corrected chi connectivity index (χ0v) is 31.6. The number of nitrogens with one attached hydrogen (secondary N) is 3. The molecule has 0 bridgehead atoms. The van der Waals surface area contributed by atoms with E-state index in [4.69, 9.17) is 15.2 Å². The Morgan fingerprint density at radius 1 is 0.964 bits per heavy atom. The first-order valence-electron chi connectivity index (χ1n) is 18.9. The maximum Gasteiger partial charge on any atom is 0.329 e. The molecule has 5 aromatic rings. The van der Waals surface area contributed by atoms with Crippen LogP contribution in [-0.4, -0.2) is 101 Å². The summed E-state index contributed by atoms with van der Waals surface area (Å²) in [5.74, 6) is 0.696. The standard InChI is InChI=1S/C39H45FN10O6/c1-47-19-26(25-18-42-44-35(25)38(47)53)23-16-29(55-2)27(30(17-23)56-3)20-48-11-6-21(7-12-48)33(41)36(52)22-8-13-49(14-9-22)28-5-4-24-34(32(28)40)45-46-37(24)50-15-10-31(51)43-39(50)54/h4-5,16-19,21-22,33H,6-15,20,41H2,1-3H3,(H,42,44)(H,45,46)(H,43,51,54). The van der Waals surface area contributed by atoms with Crippen LogP contribution in [0.5, 0.6) is 11.5 Å². The number of Topliss-reactive ketones (excluding diaryl/α,β-unsaturated/α-hetero) is 1. The Labute approximate surface area is 321 Å². The second-order valence-corrected chi connectivity index (χ2v) is 14.9. The molecule has 16 nitrogen and oxygen atoms in total. The molecule has 17 heteroatoms. The molecule has 3 amide bonds. The van der Waals surface area contributed by atoms with Gasteiger partial charge in [0.1, 0.15) is 22.5 Å². The molecule has 294 valence electrons. The highest BCUT2D eigenvalue weighted by Gasteiger charge is 2.36. The summed E-state index contributed by atoms with van der Waals surface area (Å²) in [7, 11) is 4.97. The predicted octanol–water partition coefficient (Wildman–Crippen LogP) is 3.43. The van der Waals surface area contributed by atoms with E-state index in [-0.39, 0.29) is 53.4 Å². The van der Waals surface area contributed by atoms with Gasteiger partial charge in [0.15, 0.2) is 17.4 Å². The Balaban J connectivity index is 0.877. The maximum absolute atomic E-state index is 15.8. The fourth-order valence-corrected chi connectivity index (χ4v) is 8.53. The molecule has 56 heavy (non-hydrogen) atoms. The van der Waals surface area contributed by atoms with Crippen molar-refractivity contribution in [3.8, 4) is 22.6 Å². The lowest BCUT2D eigenvalue weighted by Crippen LogP contribution is -2.49. The molecule has 3 aliphatic heterocycles. The van der Waals surface area contributed by atoms with E-state index in [2.05, 4.69) is 30.6 Å². The van der Waals surface area contributed by atoms with Crippen molar-refractivity contribution in [2.45, 2.75) is 44.7 Å². The number of aromatic amines is 2. The van der Waals surface area contributed by atoms with Crippen molar-refractivity contribution in [2.24, 2.45) is 24.6 Å². The highest BCUT2D eigenvalue weighted by Crippen LogP contribution is 2.39. The third-order valence-electron chi connectivity index (χ3n) is 11.7. The lowest BCUT2D eigenvalue weighted by atomic mass is 9.80. The van der Waals surface area contributed by atoms with Gasteiger partial charge >= 0.3 is 6.03 Å². The van der Waals surface area contributed by atoms with Crippen molar-refractivity contribution in [1.82, 2.24) is 35.2 Å². The van der Waals surface area contributed by atoms with E-state index < -0.39 is 17.9 Å². The predicted molar refractivity (Wildman–Crippen MR) is 207 cm³/mol. The number of methoxy groups -OCH3 is 2. The number of amides is 3. The summed E-state index contributed by atoms with van der Waals surface area (Å²) in [5.41, 5.74) is 10.1. The van der Waals surface area contributed by atoms with Gasteiger partial charge in [-0.25, -0.2) is 9.18 Å². The number of nitrogens with two attached hydrogens (primary N) is 1. The normalized spacial score (nSPS) is 18.2. The van der Waals surface area contributed by atoms with Crippen molar-refractivity contribution in [3.63, 3.8) is 0 Å². The average Bonchev–Trinajstić information content (AvgIpc) is 3.88. The molecular formula is C39H45FN10O6. The summed E-state index contributed by atoms with van der Waals surface area (Å²) < 4.78 is 29.1. The summed E-state index contributed by atoms with van der Waals surface area (Å²) >= 11 is 0. The number of halogens is 1. The number of urea groups is 1. The topological polar surface area (TPSA) is 197 Å². The molecule has 0 spiro atoms. The quantitative estimate of drug-likeness (QED) is 0.163. The molecule has 1 atom stereocenters. The largest absolute Gasteiger partial charge is 0.496 e. The zero-order chi connectivity index (χ0) is 39.2. The molecule has 3 aromatic heterocycles. The van der Waals surface area contributed by atoms with Gasteiger partial charge < -0.3 is 24.7 Å².